The van der Waals surface area contributed by atoms with Crippen molar-refractivity contribution >= 4 is 23.5 Å². The first-order valence-corrected chi connectivity index (χ1v) is 5.94. The summed E-state index contributed by atoms with van der Waals surface area (Å²) in [6.07, 6.45) is 0. The van der Waals surface area contributed by atoms with E-state index in [1.807, 2.05) is 0 Å². The van der Waals surface area contributed by atoms with E-state index in [9.17, 15) is 9.59 Å². The molecule has 1 fully saturated rings. The Kier molecular flexibility index (Phi) is 4.17. The minimum atomic E-state index is -0.477. The van der Waals surface area contributed by atoms with Crippen LogP contribution in [0.3, 0.4) is 0 Å². The van der Waals surface area contributed by atoms with Crippen LogP contribution in [0.5, 0.6) is 0 Å². The van der Waals surface area contributed by atoms with Crippen LogP contribution < -0.4 is 10.6 Å². The molecule has 1 amide bonds. The van der Waals surface area contributed by atoms with Gasteiger partial charge in [-0.25, -0.2) is 0 Å². The molecular formula is C12H13ClN2O3. The summed E-state index contributed by atoms with van der Waals surface area (Å²) in [4.78, 5) is 22.6. The Bertz CT molecular complexity index is 437. The van der Waals surface area contributed by atoms with Crippen LogP contribution in [0.2, 0.25) is 5.02 Å². The van der Waals surface area contributed by atoms with Gasteiger partial charge in [-0.05, 0) is 17.7 Å². The number of esters is 1. The van der Waals surface area contributed by atoms with Gasteiger partial charge < -0.3 is 10.1 Å². The van der Waals surface area contributed by atoms with E-state index in [1.165, 1.54) is 0 Å². The molecule has 0 radical (unpaired) electrons. The van der Waals surface area contributed by atoms with Crippen LogP contribution in [0.15, 0.2) is 24.3 Å². The number of rotatable bonds is 3. The van der Waals surface area contributed by atoms with Gasteiger partial charge in [0.2, 0.25) is 5.91 Å². The summed E-state index contributed by atoms with van der Waals surface area (Å²) >= 11 is 5.75. The molecule has 96 valence electrons. The van der Waals surface area contributed by atoms with E-state index in [1.54, 1.807) is 24.3 Å². The van der Waals surface area contributed by atoms with Crippen LogP contribution in [0.25, 0.3) is 0 Å². The molecule has 5 nitrogen and oxygen atoms in total. The van der Waals surface area contributed by atoms with Crippen molar-refractivity contribution in [2.45, 2.75) is 12.6 Å². The second-order valence-electron chi connectivity index (χ2n) is 3.97. The summed E-state index contributed by atoms with van der Waals surface area (Å²) in [7, 11) is 0. The van der Waals surface area contributed by atoms with E-state index in [-0.39, 0.29) is 31.6 Å². The van der Waals surface area contributed by atoms with Gasteiger partial charge in [-0.3, -0.25) is 14.9 Å². The van der Waals surface area contributed by atoms with Crippen molar-refractivity contribution in [2.75, 3.05) is 13.1 Å². The van der Waals surface area contributed by atoms with Gasteiger partial charge in [-0.2, -0.15) is 0 Å². The third kappa shape index (κ3) is 3.45. The molecule has 1 aliphatic heterocycles. The van der Waals surface area contributed by atoms with Gasteiger partial charge in [0.25, 0.3) is 0 Å². The van der Waals surface area contributed by atoms with E-state index in [2.05, 4.69) is 10.6 Å². The molecular weight excluding hydrogens is 256 g/mol. The number of piperazine rings is 1. The van der Waals surface area contributed by atoms with Crippen molar-refractivity contribution in [3.05, 3.63) is 34.9 Å². The van der Waals surface area contributed by atoms with Gasteiger partial charge in [0, 0.05) is 11.6 Å². The number of amides is 1. The monoisotopic (exact) mass is 268 g/mol. The maximum Gasteiger partial charge on any atom is 0.325 e. The van der Waals surface area contributed by atoms with E-state index in [0.717, 1.165) is 5.56 Å². The Balaban J connectivity index is 1.81. The van der Waals surface area contributed by atoms with Crippen molar-refractivity contribution in [1.82, 2.24) is 10.6 Å². The highest BCUT2D eigenvalue weighted by Crippen LogP contribution is 2.10. The first-order chi connectivity index (χ1) is 8.65. The van der Waals surface area contributed by atoms with Crippen molar-refractivity contribution in [2.24, 2.45) is 0 Å². The van der Waals surface area contributed by atoms with E-state index >= 15 is 0 Å². The van der Waals surface area contributed by atoms with Gasteiger partial charge in [0.1, 0.15) is 12.6 Å². The Morgan fingerprint density at radius 1 is 1.39 bits per heavy atom. The normalized spacial score (nSPS) is 19.2. The smallest absolute Gasteiger partial charge is 0.325 e. The number of hydrogen-bond donors (Lipinski definition) is 2. The molecule has 1 atom stereocenters. The van der Waals surface area contributed by atoms with Gasteiger partial charge >= 0.3 is 5.97 Å². The molecule has 1 heterocycles. The first kappa shape index (κ1) is 12.9. The van der Waals surface area contributed by atoms with Crippen LogP contribution in [-0.2, 0) is 20.9 Å². The summed E-state index contributed by atoms with van der Waals surface area (Å²) in [5.41, 5.74) is 0.868. The van der Waals surface area contributed by atoms with Crippen molar-refractivity contribution in [3.8, 4) is 0 Å². The fraction of sp³-hybridized carbons (Fsp3) is 0.333. The van der Waals surface area contributed by atoms with Crippen LogP contribution >= 0.6 is 11.6 Å². The number of carbonyl (C=O) groups is 2. The number of halogens is 1. The lowest BCUT2D eigenvalue weighted by Gasteiger charge is -2.22. The average Bonchev–Trinajstić information content (AvgIpc) is 2.38. The quantitative estimate of drug-likeness (QED) is 0.782. The average molecular weight is 269 g/mol. The highest BCUT2D eigenvalue weighted by Gasteiger charge is 2.24. The summed E-state index contributed by atoms with van der Waals surface area (Å²) < 4.78 is 5.15. The molecule has 1 aromatic carbocycles. The number of carbonyl (C=O) groups excluding carboxylic acids is 2. The highest BCUT2D eigenvalue weighted by molar-refractivity contribution is 6.30. The van der Waals surface area contributed by atoms with Crippen LogP contribution in [-0.4, -0.2) is 31.0 Å². The second kappa shape index (κ2) is 5.84. The summed E-state index contributed by atoms with van der Waals surface area (Å²) in [6, 6.07) is 6.60. The number of nitrogens with one attached hydrogen (secondary N) is 2. The summed E-state index contributed by atoms with van der Waals surface area (Å²) in [6.45, 7) is 0.598. The Morgan fingerprint density at radius 2 is 2.11 bits per heavy atom. The molecule has 2 rings (SSSR count). The number of ether oxygens (including phenoxy) is 1. The van der Waals surface area contributed by atoms with E-state index in [4.69, 9.17) is 16.3 Å². The second-order valence-corrected chi connectivity index (χ2v) is 4.41. The molecule has 1 aliphatic rings. The fourth-order valence-corrected chi connectivity index (χ4v) is 1.69. The standard InChI is InChI=1S/C12H13ClN2O3/c13-9-3-1-8(2-4-9)7-18-12(17)10-5-15-11(16)6-14-10/h1-4,10,14H,5-7H2,(H,15,16). The lowest BCUT2D eigenvalue weighted by atomic mass is 10.2. The zero-order valence-electron chi connectivity index (χ0n) is 9.61. The zero-order chi connectivity index (χ0) is 13.0. The molecule has 0 spiro atoms. The number of hydrogen-bond acceptors (Lipinski definition) is 4. The maximum absolute atomic E-state index is 11.7. The van der Waals surface area contributed by atoms with Crippen molar-refractivity contribution in [3.63, 3.8) is 0 Å². The highest BCUT2D eigenvalue weighted by atomic mass is 35.5. The molecule has 2 N–H and O–H groups in total. The lowest BCUT2D eigenvalue weighted by molar-refractivity contribution is -0.148. The van der Waals surface area contributed by atoms with Gasteiger partial charge in [-0.1, -0.05) is 23.7 Å². The lowest BCUT2D eigenvalue weighted by Crippen LogP contribution is -2.55. The molecule has 18 heavy (non-hydrogen) atoms. The van der Waals surface area contributed by atoms with Crippen LogP contribution in [0.1, 0.15) is 5.56 Å². The van der Waals surface area contributed by atoms with Gasteiger partial charge in [-0.15, -0.1) is 0 Å². The third-order valence-electron chi connectivity index (χ3n) is 2.59. The van der Waals surface area contributed by atoms with Crippen LogP contribution in [0.4, 0.5) is 0 Å². The zero-order valence-corrected chi connectivity index (χ0v) is 10.4. The largest absolute Gasteiger partial charge is 0.460 e. The van der Waals surface area contributed by atoms with Crippen molar-refractivity contribution in [1.29, 1.82) is 0 Å². The van der Waals surface area contributed by atoms with E-state index < -0.39 is 6.04 Å². The molecule has 6 heteroatoms. The van der Waals surface area contributed by atoms with Gasteiger partial charge in [0.15, 0.2) is 0 Å². The van der Waals surface area contributed by atoms with Crippen molar-refractivity contribution < 1.29 is 14.3 Å². The minimum Gasteiger partial charge on any atom is -0.460 e. The Morgan fingerprint density at radius 3 is 2.72 bits per heavy atom. The number of benzene rings is 1. The van der Waals surface area contributed by atoms with E-state index in [0.29, 0.717) is 5.02 Å². The summed E-state index contributed by atoms with van der Waals surface area (Å²) in [5.74, 6) is -0.485. The molecule has 0 aliphatic carbocycles. The molecule has 1 saturated heterocycles. The molecule has 1 unspecified atom stereocenters. The predicted octanol–water partition coefficient (Wildman–Crippen LogP) is 0.471. The first-order valence-electron chi connectivity index (χ1n) is 5.56. The molecule has 0 aromatic heterocycles. The molecule has 0 bridgehead atoms. The van der Waals surface area contributed by atoms with Gasteiger partial charge in [0.05, 0.1) is 6.54 Å². The fourth-order valence-electron chi connectivity index (χ4n) is 1.57. The summed E-state index contributed by atoms with van der Waals surface area (Å²) in [5, 5.41) is 6.05. The topological polar surface area (TPSA) is 67.4 Å². The minimum absolute atomic E-state index is 0.114. The predicted molar refractivity (Wildman–Crippen MR) is 66.0 cm³/mol. The van der Waals surface area contributed by atoms with Crippen LogP contribution in [0, 0.1) is 0 Å². The Labute approximate surface area is 109 Å². The maximum atomic E-state index is 11.7. The SMILES string of the molecule is O=C1CNC(C(=O)OCc2ccc(Cl)cc2)CN1. The molecule has 1 aromatic rings. The third-order valence-corrected chi connectivity index (χ3v) is 2.84. The Hall–Kier alpha value is -1.59. The molecule has 0 saturated carbocycles.